The lowest BCUT2D eigenvalue weighted by Crippen LogP contribution is -2.39. The van der Waals surface area contributed by atoms with Crippen LogP contribution in [0.1, 0.15) is 32.6 Å². The molecule has 0 saturated carbocycles. The monoisotopic (exact) mass is 197 g/mol. The molecule has 1 unspecified atom stereocenters. The van der Waals surface area contributed by atoms with Gasteiger partial charge < -0.3 is 10.2 Å². The van der Waals surface area contributed by atoms with Crippen molar-refractivity contribution in [2.24, 2.45) is 4.99 Å². The highest BCUT2D eigenvalue weighted by molar-refractivity contribution is 5.82. The van der Waals surface area contributed by atoms with Crippen LogP contribution in [-0.4, -0.2) is 44.0 Å². The van der Waals surface area contributed by atoms with Crippen molar-refractivity contribution < 1.29 is 0 Å². The van der Waals surface area contributed by atoms with Crippen LogP contribution < -0.4 is 5.32 Å². The second-order valence-electron chi connectivity index (χ2n) is 4.45. The third-order valence-corrected chi connectivity index (χ3v) is 2.43. The van der Waals surface area contributed by atoms with Crippen molar-refractivity contribution >= 4 is 5.84 Å². The van der Waals surface area contributed by atoms with Gasteiger partial charge in [0.15, 0.2) is 0 Å². The first-order valence-electron chi connectivity index (χ1n) is 5.63. The Hall–Kier alpha value is -0.570. The van der Waals surface area contributed by atoms with Crippen LogP contribution in [0.2, 0.25) is 0 Å². The molecule has 0 aromatic heterocycles. The molecular formula is C11H23N3. The van der Waals surface area contributed by atoms with Crippen LogP contribution in [0.3, 0.4) is 0 Å². The summed E-state index contributed by atoms with van der Waals surface area (Å²) in [6.45, 7) is 4.30. The van der Waals surface area contributed by atoms with Gasteiger partial charge in [-0.2, -0.15) is 0 Å². The lowest BCUT2D eigenvalue weighted by Gasteiger charge is -2.20. The topological polar surface area (TPSA) is 27.6 Å². The van der Waals surface area contributed by atoms with Crippen LogP contribution in [0, 0.1) is 0 Å². The van der Waals surface area contributed by atoms with E-state index in [2.05, 4.69) is 36.2 Å². The lowest BCUT2D eigenvalue weighted by molar-refractivity contribution is 0.369. The SMILES string of the molecule is CC(CN(C)C)NC1=NCCCCC1. The zero-order valence-corrected chi connectivity index (χ0v) is 9.71. The van der Waals surface area contributed by atoms with Crippen molar-refractivity contribution in [1.29, 1.82) is 0 Å². The lowest BCUT2D eigenvalue weighted by atomic mass is 10.2. The Labute approximate surface area is 87.6 Å². The summed E-state index contributed by atoms with van der Waals surface area (Å²) in [5, 5.41) is 3.50. The highest BCUT2D eigenvalue weighted by Gasteiger charge is 2.08. The predicted molar refractivity (Wildman–Crippen MR) is 61.9 cm³/mol. The first kappa shape index (κ1) is 11.5. The normalized spacial score (nSPS) is 20.1. The summed E-state index contributed by atoms with van der Waals surface area (Å²) in [7, 11) is 4.21. The Morgan fingerprint density at radius 2 is 2.14 bits per heavy atom. The van der Waals surface area contributed by atoms with Crippen molar-refractivity contribution in [3.8, 4) is 0 Å². The van der Waals surface area contributed by atoms with Gasteiger partial charge in [-0.15, -0.1) is 0 Å². The zero-order valence-electron chi connectivity index (χ0n) is 9.71. The second-order valence-corrected chi connectivity index (χ2v) is 4.45. The average molecular weight is 197 g/mol. The third kappa shape index (κ3) is 4.61. The van der Waals surface area contributed by atoms with Crippen LogP contribution in [0.15, 0.2) is 4.99 Å². The van der Waals surface area contributed by atoms with Gasteiger partial charge in [0.1, 0.15) is 0 Å². The first-order valence-corrected chi connectivity index (χ1v) is 5.63. The third-order valence-electron chi connectivity index (χ3n) is 2.43. The van der Waals surface area contributed by atoms with Gasteiger partial charge in [0.05, 0.1) is 5.84 Å². The largest absolute Gasteiger partial charge is 0.370 e. The molecule has 0 aromatic rings. The maximum Gasteiger partial charge on any atom is 0.0965 e. The molecule has 1 aliphatic heterocycles. The van der Waals surface area contributed by atoms with E-state index in [0.717, 1.165) is 19.5 Å². The molecule has 0 saturated heterocycles. The van der Waals surface area contributed by atoms with Crippen molar-refractivity contribution in [2.75, 3.05) is 27.2 Å². The van der Waals surface area contributed by atoms with Crippen LogP contribution >= 0.6 is 0 Å². The molecule has 3 nitrogen and oxygen atoms in total. The highest BCUT2D eigenvalue weighted by Crippen LogP contribution is 2.06. The summed E-state index contributed by atoms with van der Waals surface area (Å²) in [5.74, 6) is 1.22. The maximum atomic E-state index is 4.56. The maximum absolute atomic E-state index is 4.56. The molecule has 0 aromatic carbocycles. The number of hydrogen-bond acceptors (Lipinski definition) is 3. The highest BCUT2D eigenvalue weighted by atomic mass is 15.1. The molecule has 1 aliphatic rings. The van der Waals surface area contributed by atoms with Crippen LogP contribution in [-0.2, 0) is 0 Å². The van der Waals surface area contributed by atoms with E-state index >= 15 is 0 Å². The van der Waals surface area contributed by atoms with E-state index in [4.69, 9.17) is 0 Å². The van der Waals surface area contributed by atoms with Crippen molar-refractivity contribution in [3.63, 3.8) is 0 Å². The number of amidine groups is 1. The molecule has 0 aliphatic carbocycles. The molecule has 14 heavy (non-hydrogen) atoms. The number of nitrogens with one attached hydrogen (secondary N) is 1. The van der Waals surface area contributed by atoms with Crippen molar-refractivity contribution in [3.05, 3.63) is 0 Å². The summed E-state index contributed by atoms with van der Waals surface area (Å²) in [6.07, 6.45) is 5.02. The van der Waals surface area contributed by atoms with Gasteiger partial charge in [-0.3, -0.25) is 4.99 Å². The Morgan fingerprint density at radius 1 is 1.36 bits per heavy atom. The number of nitrogens with zero attached hydrogens (tertiary/aromatic N) is 2. The minimum absolute atomic E-state index is 0.502. The van der Waals surface area contributed by atoms with E-state index in [0.29, 0.717) is 6.04 Å². The summed E-state index contributed by atoms with van der Waals surface area (Å²) in [5.41, 5.74) is 0. The van der Waals surface area contributed by atoms with Crippen LogP contribution in [0.4, 0.5) is 0 Å². The molecule has 1 rings (SSSR count). The van der Waals surface area contributed by atoms with Crippen LogP contribution in [0.5, 0.6) is 0 Å². The molecule has 1 N–H and O–H groups in total. The van der Waals surface area contributed by atoms with E-state index in [9.17, 15) is 0 Å². The quantitative estimate of drug-likeness (QED) is 0.742. The van der Waals surface area contributed by atoms with Gasteiger partial charge in [-0.05, 0) is 33.9 Å². The fourth-order valence-corrected chi connectivity index (χ4v) is 1.87. The van der Waals surface area contributed by atoms with Crippen molar-refractivity contribution in [1.82, 2.24) is 10.2 Å². The van der Waals surface area contributed by atoms with Crippen molar-refractivity contribution in [2.45, 2.75) is 38.6 Å². The van der Waals surface area contributed by atoms with E-state index in [1.54, 1.807) is 0 Å². The zero-order chi connectivity index (χ0) is 10.4. The summed E-state index contributed by atoms with van der Waals surface area (Å²) in [6, 6.07) is 0.502. The molecule has 3 heteroatoms. The Bertz CT molecular complexity index is 187. The predicted octanol–water partition coefficient (Wildman–Crippen LogP) is 1.50. The molecule has 0 fully saturated rings. The summed E-state index contributed by atoms with van der Waals surface area (Å²) in [4.78, 5) is 6.76. The Morgan fingerprint density at radius 3 is 2.86 bits per heavy atom. The standard InChI is InChI=1S/C11H23N3/c1-10(9-14(2)3)13-11-7-5-4-6-8-12-11/h10H,4-9H2,1-3H3,(H,12,13). The van der Waals surface area contributed by atoms with Crippen LogP contribution in [0.25, 0.3) is 0 Å². The molecule has 0 radical (unpaired) electrons. The smallest absolute Gasteiger partial charge is 0.0965 e. The fourth-order valence-electron chi connectivity index (χ4n) is 1.87. The average Bonchev–Trinajstić information content (AvgIpc) is 2.31. The van der Waals surface area contributed by atoms with Gasteiger partial charge in [0, 0.05) is 25.6 Å². The molecule has 1 heterocycles. The molecule has 0 bridgehead atoms. The number of aliphatic imine (C=N–C) groups is 1. The molecule has 82 valence electrons. The van der Waals surface area contributed by atoms with Gasteiger partial charge >= 0.3 is 0 Å². The van der Waals surface area contributed by atoms with Gasteiger partial charge in [0.2, 0.25) is 0 Å². The minimum atomic E-state index is 0.502. The van der Waals surface area contributed by atoms with Gasteiger partial charge in [-0.25, -0.2) is 0 Å². The minimum Gasteiger partial charge on any atom is -0.370 e. The van der Waals surface area contributed by atoms with E-state index in [-0.39, 0.29) is 0 Å². The fraction of sp³-hybridized carbons (Fsp3) is 0.909. The van der Waals surface area contributed by atoms with E-state index < -0.39 is 0 Å². The van der Waals surface area contributed by atoms with E-state index in [1.807, 2.05) is 0 Å². The molecular weight excluding hydrogens is 174 g/mol. The summed E-state index contributed by atoms with van der Waals surface area (Å²) < 4.78 is 0. The second kappa shape index (κ2) is 6.02. The van der Waals surface area contributed by atoms with Gasteiger partial charge in [-0.1, -0.05) is 6.42 Å². The van der Waals surface area contributed by atoms with Gasteiger partial charge in [0.25, 0.3) is 0 Å². The summed E-state index contributed by atoms with van der Waals surface area (Å²) >= 11 is 0. The Balaban J connectivity index is 2.30. The van der Waals surface area contributed by atoms with E-state index in [1.165, 1.54) is 25.1 Å². The molecule has 0 amide bonds. The number of hydrogen-bond donors (Lipinski definition) is 1. The Kier molecular flexibility index (Phi) is 4.94. The molecule has 1 atom stereocenters. The number of rotatable bonds is 3. The molecule has 0 spiro atoms. The first-order chi connectivity index (χ1) is 6.68. The number of likely N-dealkylation sites (N-methyl/N-ethyl adjacent to an activating group) is 1.